The largest absolute Gasteiger partial charge is 0.373 e. The predicted molar refractivity (Wildman–Crippen MR) is 82.0 cm³/mol. The van der Waals surface area contributed by atoms with E-state index in [-0.39, 0.29) is 11.2 Å². The molecule has 20 heavy (non-hydrogen) atoms. The van der Waals surface area contributed by atoms with E-state index in [1.54, 1.807) is 0 Å². The first-order valence-electron chi connectivity index (χ1n) is 7.91. The molecule has 0 amide bonds. The van der Waals surface area contributed by atoms with Crippen LogP contribution in [0.5, 0.6) is 0 Å². The Morgan fingerprint density at radius 2 is 1.60 bits per heavy atom. The quantitative estimate of drug-likeness (QED) is 0.858. The van der Waals surface area contributed by atoms with Crippen LogP contribution in [0, 0.1) is 5.92 Å². The van der Waals surface area contributed by atoms with E-state index in [4.69, 9.17) is 9.47 Å². The Labute approximate surface area is 124 Å². The van der Waals surface area contributed by atoms with E-state index in [2.05, 4.69) is 58.8 Å². The second kappa shape index (κ2) is 5.56. The van der Waals surface area contributed by atoms with Crippen LogP contribution in [0.3, 0.4) is 0 Å². The van der Waals surface area contributed by atoms with Crippen LogP contribution in [0.4, 0.5) is 0 Å². The van der Waals surface area contributed by atoms with Crippen LogP contribution in [0.2, 0.25) is 0 Å². The van der Waals surface area contributed by atoms with Crippen molar-refractivity contribution >= 4 is 0 Å². The van der Waals surface area contributed by atoms with Crippen molar-refractivity contribution in [2.24, 2.45) is 5.92 Å². The van der Waals surface area contributed by atoms with Crippen LogP contribution in [0.1, 0.15) is 41.5 Å². The smallest absolute Gasteiger partial charge is 0.0790 e. The van der Waals surface area contributed by atoms with Crippen LogP contribution < -0.4 is 5.32 Å². The lowest BCUT2D eigenvalue weighted by Crippen LogP contribution is -2.53. The van der Waals surface area contributed by atoms with Gasteiger partial charge in [0.1, 0.15) is 0 Å². The van der Waals surface area contributed by atoms with Gasteiger partial charge in [0.15, 0.2) is 0 Å². The van der Waals surface area contributed by atoms with Gasteiger partial charge in [-0.3, -0.25) is 4.90 Å². The number of likely N-dealkylation sites (N-methyl/N-ethyl adjacent to an activating group) is 1. The van der Waals surface area contributed by atoms with Crippen molar-refractivity contribution in [1.82, 2.24) is 10.2 Å². The maximum atomic E-state index is 6.33. The lowest BCUT2D eigenvalue weighted by Gasteiger charge is -2.40. The molecule has 0 saturated carbocycles. The minimum atomic E-state index is -0.119. The fourth-order valence-electron chi connectivity index (χ4n) is 4.29. The molecule has 4 nitrogen and oxygen atoms in total. The van der Waals surface area contributed by atoms with Gasteiger partial charge in [0.2, 0.25) is 0 Å². The summed E-state index contributed by atoms with van der Waals surface area (Å²) >= 11 is 0. The first-order valence-corrected chi connectivity index (χ1v) is 7.91. The Balaban J connectivity index is 2.10. The summed E-state index contributed by atoms with van der Waals surface area (Å²) in [5.41, 5.74) is -0.214. The van der Waals surface area contributed by atoms with E-state index in [0.29, 0.717) is 24.2 Å². The number of morpholine rings is 1. The number of nitrogens with one attached hydrogen (secondary N) is 1. The predicted octanol–water partition coefficient (Wildman–Crippen LogP) is 1.89. The van der Waals surface area contributed by atoms with Crippen LogP contribution >= 0.6 is 0 Å². The summed E-state index contributed by atoms with van der Waals surface area (Å²) in [6.45, 7) is 16.3. The molecule has 2 heterocycles. The van der Waals surface area contributed by atoms with Crippen molar-refractivity contribution < 1.29 is 9.47 Å². The van der Waals surface area contributed by atoms with Crippen molar-refractivity contribution in [3.05, 3.63) is 0 Å². The maximum Gasteiger partial charge on any atom is 0.0790 e. The molecule has 0 aromatic carbocycles. The summed E-state index contributed by atoms with van der Waals surface area (Å²) in [4.78, 5) is 2.54. The lowest BCUT2D eigenvalue weighted by molar-refractivity contribution is -0.0926. The number of nitrogens with zero attached hydrogens (tertiary/aromatic N) is 1. The first kappa shape index (κ1) is 16.2. The van der Waals surface area contributed by atoms with Crippen molar-refractivity contribution in [3.63, 3.8) is 0 Å². The number of ether oxygens (including phenoxy) is 2. The molecule has 2 aliphatic rings. The summed E-state index contributed by atoms with van der Waals surface area (Å²) in [6.07, 6.45) is 0.649. The van der Waals surface area contributed by atoms with Crippen LogP contribution in [0.25, 0.3) is 0 Å². The summed E-state index contributed by atoms with van der Waals surface area (Å²) in [7, 11) is 2.05. The van der Waals surface area contributed by atoms with Gasteiger partial charge in [0, 0.05) is 31.6 Å². The molecule has 0 aromatic rings. The van der Waals surface area contributed by atoms with Gasteiger partial charge in [0.25, 0.3) is 0 Å². The molecule has 4 atom stereocenters. The van der Waals surface area contributed by atoms with Gasteiger partial charge in [-0.05, 0) is 48.6 Å². The highest BCUT2D eigenvalue weighted by atomic mass is 16.5. The molecule has 0 aromatic heterocycles. The van der Waals surface area contributed by atoms with E-state index >= 15 is 0 Å². The monoisotopic (exact) mass is 284 g/mol. The highest BCUT2D eigenvalue weighted by Crippen LogP contribution is 2.42. The highest BCUT2D eigenvalue weighted by Gasteiger charge is 2.53. The molecular formula is C16H32N2O2. The normalized spacial score (nSPS) is 41.0. The third-order valence-corrected chi connectivity index (χ3v) is 4.83. The molecule has 2 fully saturated rings. The third kappa shape index (κ3) is 3.19. The van der Waals surface area contributed by atoms with Gasteiger partial charge >= 0.3 is 0 Å². The Bertz CT molecular complexity index is 333. The van der Waals surface area contributed by atoms with Crippen molar-refractivity contribution in [1.29, 1.82) is 0 Å². The molecule has 0 radical (unpaired) electrons. The molecule has 0 aliphatic carbocycles. The topological polar surface area (TPSA) is 33.7 Å². The summed E-state index contributed by atoms with van der Waals surface area (Å²) in [5, 5.41) is 3.49. The van der Waals surface area contributed by atoms with Gasteiger partial charge < -0.3 is 14.8 Å². The molecule has 2 saturated heterocycles. The molecule has 1 N–H and O–H groups in total. The zero-order chi connectivity index (χ0) is 15.1. The summed E-state index contributed by atoms with van der Waals surface area (Å²) < 4.78 is 12.2. The average molecular weight is 284 g/mol. The van der Waals surface area contributed by atoms with E-state index in [9.17, 15) is 0 Å². The lowest BCUT2D eigenvalue weighted by atomic mass is 9.82. The maximum absolute atomic E-state index is 6.33. The average Bonchev–Trinajstić information content (AvgIpc) is 2.41. The molecule has 2 aliphatic heterocycles. The summed E-state index contributed by atoms with van der Waals surface area (Å²) in [6, 6.07) is 0.381. The second-order valence-corrected chi connectivity index (χ2v) is 7.66. The van der Waals surface area contributed by atoms with Crippen LogP contribution in [-0.2, 0) is 9.47 Å². The van der Waals surface area contributed by atoms with Gasteiger partial charge in [-0.2, -0.15) is 0 Å². The zero-order valence-electron chi connectivity index (χ0n) is 14.2. The SMILES string of the molecule is CNC1C(CN2CC(C)OC(C)C2)C(C)(C)OC1(C)C. The zero-order valence-corrected chi connectivity index (χ0v) is 14.2. The first-order chi connectivity index (χ1) is 9.15. The Morgan fingerprint density at radius 1 is 1.05 bits per heavy atom. The molecule has 4 unspecified atom stereocenters. The Kier molecular flexibility index (Phi) is 4.51. The van der Waals surface area contributed by atoms with Gasteiger partial charge in [0.05, 0.1) is 23.4 Å². The van der Waals surface area contributed by atoms with E-state index in [1.807, 2.05) is 0 Å². The second-order valence-electron chi connectivity index (χ2n) is 7.66. The summed E-state index contributed by atoms with van der Waals surface area (Å²) in [5.74, 6) is 0.486. The number of hydrogen-bond acceptors (Lipinski definition) is 4. The van der Waals surface area contributed by atoms with Crippen LogP contribution in [-0.4, -0.2) is 61.0 Å². The number of hydrogen-bond donors (Lipinski definition) is 1. The minimum Gasteiger partial charge on any atom is -0.373 e. The van der Waals surface area contributed by atoms with E-state index in [1.165, 1.54) is 0 Å². The molecule has 2 rings (SSSR count). The standard InChI is InChI=1S/C16H32N2O2/c1-11-8-18(9-12(2)19-11)10-13-14(17-7)16(5,6)20-15(13,3)4/h11-14,17H,8-10H2,1-7H3. The van der Waals surface area contributed by atoms with Crippen molar-refractivity contribution in [2.45, 2.75) is 71.0 Å². The van der Waals surface area contributed by atoms with Gasteiger partial charge in [-0.25, -0.2) is 0 Å². The molecule has 4 heteroatoms. The third-order valence-electron chi connectivity index (χ3n) is 4.83. The Hall–Kier alpha value is -0.160. The van der Waals surface area contributed by atoms with Crippen molar-refractivity contribution in [2.75, 3.05) is 26.7 Å². The van der Waals surface area contributed by atoms with Crippen molar-refractivity contribution in [3.8, 4) is 0 Å². The molecule has 0 spiro atoms. The van der Waals surface area contributed by atoms with Crippen LogP contribution in [0.15, 0.2) is 0 Å². The highest BCUT2D eigenvalue weighted by molar-refractivity contribution is 5.06. The van der Waals surface area contributed by atoms with Gasteiger partial charge in [-0.1, -0.05) is 0 Å². The fourth-order valence-corrected chi connectivity index (χ4v) is 4.29. The van der Waals surface area contributed by atoms with E-state index < -0.39 is 0 Å². The minimum absolute atomic E-state index is 0.0953. The fraction of sp³-hybridized carbons (Fsp3) is 1.00. The molecule has 118 valence electrons. The molecular weight excluding hydrogens is 252 g/mol. The molecule has 0 bridgehead atoms. The van der Waals surface area contributed by atoms with Gasteiger partial charge in [-0.15, -0.1) is 0 Å². The van der Waals surface area contributed by atoms with E-state index in [0.717, 1.165) is 19.6 Å². The Morgan fingerprint density at radius 3 is 2.10 bits per heavy atom. The number of rotatable bonds is 3.